The number of halogens is 1. The summed E-state index contributed by atoms with van der Waals surface area (Å²) in [5, 5.41) is 5.63. The molecule has 2 aromatic heterocycles. The summed E-state index contributed by atoms with van der Waals surface area (Å²) in [6.07, 6.45) is 1.45. The van der Waals surface area contributed by atoms with Crippen molar-refractivity contribution >= 4 is 39.8 Å². The number of carbonyl (C=O) groups is 2. The Bertz CT molecular complexity index is 943. The van der Waals surface area contributed by atoms with Gasteiger partial charge in [0.25, 0.3) is 5.91 Å². The Morgan fingerprint density at radius 2 is 1.96 bits per heavy atom. The lowest BCUT2D eigenvalue weighted by molar-refractivity contribution is 0.0529. The summed E-state index contributed by atoms with van der Waals surface area (Å²) < 4.78 is 10.3. The number of anilines is 1. The monoisotopic (exact) mass is 389 g/mol. The second-order valence-electron chi connectivity index (χ2n) is 5.43. The third-order valence-corrected chi connectivity index (χ3v) is 4.90. The van der Waals surface area contributed by atoms with E-state index >= 15 is 0 Å². The fourth-order valence-corrected chi connectivity index (χ4v) is 3.57. The Balaban J connectivity index is 2.00. The summed E-state index contributed by atoms with van der Waals surface area (Å²) in [6.45, 7) is 3.68. The van der Waals surface area contributed by atoms with Crippen molar-refractivity contribution in [3.05, 3.63) is 63.9 Å². The molecule has 1 aromatic carbocycles. The van der Waals surface area contributed by atoms with Gasteiger partial charge >= 0.3 is 5.97 Å². The van der Waals surface area contributed by atoms with E-state index in [2.05, 4.69) is 5.32 Å². The molecule has 134 valence electrons. The number of ether oxygens (including phenoxy) is 1. The number of thiophene rings is 1. The lowest BCUT2D eigenvalue weighted by atomic mass is 10.0. The van der Waals surface area contributed by atoms with Crippen molar-refractivity contribution in [3.63, 3.8) is 0 Å². The molecule has 1 amide bonds. The highest BCUT2D eigenvalue weighted by Crippen LogP contribution is 2.37. The molecule has 3 rings (SSSR count). The van der Waals surface area contributed by atoms with Gasteiger partial charge in [-0.3, -0.25) is 4.79 Å². The van der Waals surface area contributed by atoms with Crippen LogP contribution in [0.5, 0.6) is 0 Å². The highest BCUT2D eigenvalue weighted by Gasteiger charge is 2.24. The first-order valence-electron chi connectivity index (χ1n) is 7.91. The first-order valence-corrected chi connectivity index (χ1v) is 9.17. The van der Waals surface area contributed by atoms with Gasteiger partial charge in [-0.05, 0) is 37.6 Å². The highest BCUT2D eigenvalue weighted by molar-refractivity contribution is 7.15. The Kier molecular flexibility index (Phi) is 5.44. The molecule has 0 saturated heterocycles. The van der Waals surface area contributed by atoms with Gasteiger partial charge in [-0.25, -0.2) is 4.79 Å². The number of esters is 1. The van der Waals surface area contributed by atoms with Crippen molar-refractivity contribution < 1.29 is 18.7 Å². The van der Waals surface area contributed by atoms with Gasteiger partial charge in [0, 0.05) is 16.0 Å². The van der Waals surface area contributed by atoms with Gasteiger partial charge in [0.1, 0.15) is 16.3 Å². The molecule has 0 aliphatic heterocycles. The summed E-state index contributed by atoms with van der Waals surface area (Å²) in [6, 6.07) is 8.72. The molecular weight excluding hydrogens is 374 g/mol. The second-order valence-corrected chi connectivity index (χ2v) is 6.74. The number of carbonyl (C=O) groups excluding carboxylic acids is 2. The number of hydrogen-bond donors (Lipinski definition) is 1. The molecule has 1 N–H and O–H groups in total. The van der Waals surface area contributed by atoms with Crippen LogP contribution in [-0.4, -0.2) is 18.5 Å². The number of benzene rings is 1. The number of nitrogens with one attached hydrogen (secondary N) is 1. The number of aryl methyl sites for hydroxylation is 1. The lowest BCUT2D eigenvalue weighted by Gasteiger charge is -2.08. The van der Waals surface area contributed by atoms with Crippen LogP contribution in [0, 0.1) is 6.92 Å². The maximum atomic E-state index is 12.5. The molecule has 0 spiro atoms. The molecule has 3 aromatic rings. The highest BCUT2D eigenvalue weighted by atomic mass is 35.5. The average Bonchev–Trinajstić information content (AvgIpc) is 3.22. The SMILES string of the molecule is CCOC(=O)c1c(-c2ccc(Cl)cc2)csc1NC(=O)c1ccoc1C. The smallest absolute Gasteiger partial charge is 0.341 e. The molecule has 26 heavy (non-hydrogen) atoms. The van der Waals surface area contributed by atoms with Gasteiger partial charge in [0.2, 0.25) is 0 Å². The van der Waals surface area contributed by atoms with Crippen LogP contribution in [0.3, 0.4) is 0 Å². The van der Waals surface area contributed by atoms with E-state index in [-0.39, 0.29) is 12.5 Å². The number of furan rings is 1. The van der Waals surface area contributed by atoms with E-state index in [0.29, 0.717) is 32.5 Å². The van der Waals surface area contributed by atoms with E-state index in [1.165, 1.54) is 17.6 Å². The van der Waals surface area contributed by atoms with Gasteiger partial charge in [0.15, 0.2) is 0 Å². The molecule has 0 bridgehead atoms. The molecular formula is C19H16ClNO4S. The van der Waals surface area contributed by atoms with Gasteiger partial charge < -0.3 is 14.5 Å². The van der Waals surface area contributed by atoms with Crippen LogP contribution < -0.4 is 5.32 Å². The predicted molar refractivity (Wildman–Crippen MR) is 102 cm³/mol. The minimum absolute atomic E-state index is 0.239. The van der Waals surface area contributed by atoms with E-state index in [4.69, 9.17) is 20.8 Å². The number of rotatable bonds is 5. The molecule has 2 heterocycles. The van der Waals surface area contributed by atoms with Crippen molar-refractivity contribution in [2.24, 2.45) is 0 Å². The van der Waals surface area contributed by atoms with E-state index in [1.54, 1.807) is 32.0 Å². The van der Waals surface area contributed by atoms with Crippen molar-refractivity contribution in [1.82, 2.24) is 0 Å². The summed E-state index contributed by atoms with van der Waals surface area (Å²) in [5.41, 5.74) is 2.24. The Labute approximate surface area is 159 Å². The van der Waals surface area contributed by atoms with Gasteiger partial charge in [-0.1, -0.05) is 23.7 Å². The van der Waals surface area contributed by atoms with Crippen LogP contribution in [0.25, 0.3) is 11.1 Å². The van der Waals surface area contributed by atoms with E-state index < -0.39 is 5.97 Å². The largest absolute Gasteiger partial charge is 0.469 e. The quantitative estimate of drug-likeness (QED) is 0.593. The topological polar surface area (TPSA) is 68.5 Å². The molecule has 0 aliphatic carbocycles. The molecule has 5 nitrogen and oxygen atoms in total. The molecule has 0 aliphatic rings. The normalized spacial score (nSPS) is 10.6. The van der Waals surface area contributed by atoms with Crippen LogP contribution in [0.2, 0.25) is 5.02 Å². The predicted octanol–water partition coefficient (Wildman–Crippen LogP) is 5.40. The van der Waals surface area contributed by atoms with Gasteiger partial charge in [-0.2, -0.15) is 0 Å². The fourth-order valence-electron chi connectivity index (χ4n) is 2.49. The van der Waals surface area contributed by atoms with Crippen LogP contribution in [0.15, 0.2) is 46.4 Å². The number of hydrogen-bond acceptors (Lipinski definition) is 5. The van der Waals surface area contributed by atoms with Crippen molar-refractivity contribution in [2.75, 3.05) is 11.9 Å². The Morgan fingerprint density at radius 1 is 1.23 bits per heavy atom. The van der Waals surface area contributed by atoms with Crippen molar-refractivity contribution in [3.8, 4) is 11.1 Å². The third-order valence-electron chi connectivity index (χ3n) is 3.76. The van der Waals surface area contributed by atoms with E-state index in [9.17, 15) is 9.59 Å². The van der Waals surface area contributed by atoms with E-state index in [0.717, 1.165) is 5.56 Å². The van der Waals surface area contributed by atoms with Gasteiger partial charge in [-0.15, -0.1) is 11.3 Å². The first-order chi connectivity index (χ1) is 12.5. The van der Waals surface area contributed by atoms with Crippen LogP contribution in [-0.2, 0) is 4.74 Å². The first kappa shape index (κ1) is 18.2. The fraction of sp³-hybridized carbons (Fsp3) is 0.158. The maximum Gasteiger partial charge on any atom is 0.341 e. The molecule has 0 atom stereocenters. The van der Waals surface area contributed by atoms with Crippen molar-refractivity contribution in [2.45, 2.75) is 13.8 Å². The van der Waals surface area contributed by atoms with Crippen molar-refractivity contribution in [1.29, 1.82) is 0 Å². The summed E-state index contributed by atoms with van der Waals surface area (Å²) in [5.74, 6) is -0.320. The lowest BCUT2D eigenvalue weighted by Crippen LogP contribution is -2.15. The zero-order chi connectivity index (χ0) is 18.7. The van der Waals surface area contributed by atoms with Gasteiger partial charge in [0.05, 0.1) is 18.4 Å². The van der Waals surface area contributed by atoms with Crippen LogP contribution in [0.1, 0.15) is 33.4 Å². The van der Waals surface area contributed by atoms with Crippen LogP contribution in [0.4, 0.5) is 5.00 Å². The average molecular weight is 390 g/mol. The summed E-state index contributed by atoms with van der Waals surface area (Å²) in [7, 11) is 0. The third kappa shape index (κ3) is 3.66. The Morgan fingerprint density at radius 3 is 2.58 bits per heavy atom. The second kappa shape index (κ2) is 7.76. The summed E-state index contributed by atoms with van der Waals surface area (Å²) in [4.78, 5) is 25.0. The standard InChI is InChI=1S/C19H16ClNO4S/c1-3-24-19(23)16-15(12-4-6-13(20)7-5-12)10-26-18(16)21-17(22)14-8-9-25-11(14)2/h4-10H,3H2,1-2H3,(H,21,22). The summed E-state index contributed by atoms with van der Waals surface area (Å²) >= 11 is 7.21. The minimum atomic E-state index is -0.488. The molecule has 0 unspecified atom stereocenters. The molecule has 0 fully saturated rings. The minimum Gasteiger partial charge on any atom is -0.469 e. The molecule has 7 heteroatoms. The molecule has 0 radical (unpaired) electrons. The van der Waals surface area contributed by atoms with E-state index in [1.807, 2.05) is 17.5 Å². The number of amides is 1. The maximum absolute atomic E-state index is 12.5. The zero-order valence-corrected chi connectivity index (χ0v) is 15.7. The molecule has 0 saturated carbocycles. The zero-order valence-electron chi connectivity index (χ0n) is 14.2. The Hall–Kier alpha value is -2.57. The van der Waals surface area contributed by atoms with Crippen LogP contribution >= 0.6 is 22.9 Å².